The Morgan fingerprint density at radius 3 is 2.28 bits per heavy atom. The summed E-state index contributed by atoms with van der Waals surface area (Å²) >= 11 is 0. The van der Waals surface area contributed by atoms with Gasteiger partial charge < -0.3 is 4.74 Å². The molecular weight excluding hydrogens is 228 g/mol. The summed E-state index contributed by atoms with van der Waals surface area (Å²) < 4.78 is 5.00. The van der Waals surface area contributed by atoms with Gasteiger partial charge in [0.2, 0.25) is 0 Å². The van der Waals surface area contributed by atoms with E-state index in [4.69, 9.17) is 4.74 Å². The fourth-order valence-electron chi connectivity index (χ4n) is 2.38. The molecule has 0 spiro atoms. The quantitative estimate of drug-likeness (QED) is 0.593. The molecule has 1 aromatic rings. The van der Waals surface area contributed by atoms with Crippen LogP contribution < -0.4 is 0 Å². The molecule has 3 nitrogen and oxygen atoms in total. The lowest BCUT2D eigenvalue weighted by molar-refractivity contribution is -0.150. The van der Waals surface area contributed by atoms with Crippen molar-refractivity contribution in [3.8, 4) is 0 Å². The average Bonchev–Trinajstić information content (AvgIpc) is 2.40. The summed E-state index contributed by atoms with van der Waals surface area (Å²) in [6.45, 7) is 1.90. The van der Waals surface area contributed by atoms with Crippen LogP contribution in [0.2, 0.25) is 0 Å². The van der Waals surface area contributed by atoms with E-state index in [0.29, 0.717) is 5.56 Å². The third-order valence-corrected chi connectivity index (χ3v) is 3.64. The molecule has 0 aromatic heterocycles. The van der Waals surface area contributed by atoms with E-state index in [1.807, 2.05) is 13.0 Å². The molecule has 1 fully saturated rings. The van der Waals surface area contributed by atoms with E-state index in [-0.39, 0.29) is 5.97 Å². The van der Waals surface area contributed by atoms with Gasteiger partial charge in [-0.05, 0) is 31.9 Å². The van der Waals surface area contributed by atoms with Gasteiger partial charge in [-0.25, -0.2) is 4.79 Å². The molecule has 0 aliphatic heterocycles. The van der Waals surface area contributed by atoms with Gasteiger partial charge in [-0.15, -0.1) is 0 Å². The maximum Gasteiger partial charge on any atom is 0.345 e. The van der Waals surface area contributed by atoms with Gasteiger partial charge in [0.15, 0.2) is 0 Å². The first-order chi connectivity index (χ1) is 8.62. The van der Waals surface area contributed by atoms with Gasteiger partial charge in [0.05, 0.1) is 11.0 Å². The predicted molar refractivity (Wildman–Crippen MR) is 68.1 cm³/mol. The Kier molecular flexibility index (Phi) is 3.80. The molecule has 0 atom stereocenters. The summed E-state index contributed by atoms with van der Waals surface area (Å²) in [6, 6.07) is 8.63. The third kappa shape index (κ3) is 2.78. The molecule has 96 valence electrons. The Morgan fingerprint density at radius 2 is 1.67 bits per heavy atom. The minimum Gasteiger partial charge on any atom is -0.389 e. The van der Waals surface area contributed by atoms with E-state index in [9.17, 15) is 9.59 Å². The first-order valence-corrected chi connectivity index (χ1v) is 6.43. The molecule has 3 heteroatoms. The molecule has 0 N–H and O–H groups in total. The molecule has 1 aliphatic carbocycles. The lowest BCUT2D eigenvalue weighted by Gasteiger charge is -2.30. The van der Waals surface area contributed by atoms with Crippen LogP contribution in [0.3, 0.4) is 0 Å². The fraction of sp³-hybridized carbons (Fsp3) is 0.467. The summed E-state index contributed by atoms with van der Waals surface area (Å²) in [5, 5.41) is 0. The number of rotatable bonds is 2. The van der Waals surface area contributed by atoms with Gasteiger partial charge in [-0.1, -0.05) is 37.5 Å². The number of hydrogen-bond acceptors (Lipinski definition) is 3. The smallest absolute Gasteiger partial charge is 0.345 e. The molecule has 0 saturated heterocycles. The maximum absolute atomic E-state index is 12.1. The standard InChI is InChI=1S/C15H18O3/c1-15(10-6-3-7-11-15)14(17)18-13(16)12-8-4-2-5-9-12/h2,4-5,8-9H,3,6-7,10-11H2,1H3. The Bertz CT molecular complexity index is 430. The second-order valence-electron chi connectivity index (χ2n) is 5.16. The zero-order valence-electron chi connectivity index (χ0n) is 10.6. The topological polar surface area (TPSA) is 43.4 Å². The number of benzene rings is 1. The molecule has 0 unspecified atom stereocenters. The Labute approximate surface area is 107 Å². The molecule has 0 radical (unpaired) electrons. The Hall–Kier alpha value is -1.64. The van der Waals surface area contributed by atoms with Gasteiger partial charge >= 0.3 is 11.9 Å². The SMILES string of the molecule is CC1(C(=O)OC(=O)c2ccccc2)CCCCC1. The second-order valence-corrected chi connectivity index (χ2v) is 5.16. The highest BCUT2D eigenvalue weighted by Gasteiger charge is 2.37. The summed E-state index contributed by atoms with van der Waals surface area (Å²) in [5.41, 5.74) is -0.0619. The zero-order chi connectivity index (χ0) is 13.0. The van der Waals surface area contributed by atoms with Crippen molar-refractivity contribution >= 4 is 11.9 Å². The van der Waals surface area contributed by atoms with Crippen molar-refractivity contribution in [1.82, 2.24) is 0 Å². The van der Waals surface area contributed by atoms with E-state index < -0.39 is 11.4 Å². The van der Waals surface area contributed by atoms with Gasteiger partial charge in [0.25, 0.3) is 0 Å². The highest BCUT2D eigenvalue weighted by atomic mass is 16.6. The average molecular weight is 246 g/mol. The van der Waals surface area contributed by atoms with Crippen LogP contribution in [0.25, 0.3) is 0 Å². The van der Waals surface area contributed by atoms with E-state index in [1.54, 1.807) is 24.3 Å². The van der Waals surface area contributed by atoms with Crippen LogP contribution >= 0.6 is 0 Å². The zero-order valence-corrected chi connectivity index (χ0v) is 10.6. The van der Waals surface area contributed by atoms with Crippen LogP contribution in [0, 0.1) is 5.41 Å². The van der Waals surface area contributed by atoms with Crippen molar-refractivity contribution in [2.45, 2.75) is 39.0 Å². The summed E-state index contributed by atoms with van der Waals surface area (Å²) in [4.78, 5) is 23.9. The van der Waals surface area contributed by atoms with Crippen molar-refractivity contribution in [3.63, 3.8) is 0 Å². The number of carbonyl (C=O) groups excluding carboxylic acids is 2. The van der Waals surface area contributed by atoms with Crippen molar-refractivity contribution in [1.29, 1.82) is 0 Å². The van der Waals surface area contributed by atoms with Crippen LogP contribution in [0.5, 0.6) is 0 Å². The summed E-state index contributed by atoms with van der Waals surface area (Å²) in [6.07, 6.45) is 4.85. The van der Waals surface area contributed by atoms with Crippen LogP contribution in [-0.4, -0.2) is 11.9 Å². The molecule has 1 aliphatic rings. The largest absolute Gasteiger partial charge is 0.389 e. The first-order valence-electron chi connectivity index (χ1n) is 6.43. The van der Waals surface area contributed by atoms with Crippen molar-refractivity contribution in [2.24, 2.45) is 5.41 Å². The van der Waals surface area contributed by atoms with Crippen LogP contribution in [0.15, 0.2) is 30.3 Å². The highest BCUT2D eigenvalue weighted by molar-refractivity contribution is 5.98. The summed E-state index contributed by atoms with van der Waals surface area (Å²) in [5.74, 6) is -0.927. The molecule has 2 rings (SSSR count). The second kappa shape index (κ2) is 5.34. The Balaban J connectivity index is 2.01. The van der Waals surface area contributed by atoms with Crippen LogP contribution in [0.4, 0.5) is 0 Å². The van der Waals surface area contributed by atoms with Gasteiger partial charge in [0, 0.05) is 0 Å². The van der Waals surface area contributed by atoms with Crippen molar-refractivity contribution in [3.05, 3.63) is 35.9 Å². The molecule has 0 heterocycles. The van der Waals surface area contributed by atoms with E-state index in [2.05, 4.69) is 0 Å². The lowest BCUT2D eigenvalue weighted by atomic mass is 9.76. The molecule has 1 aromatic carbocycles. The highest BCUT2D eigenvalue weighted by Crippen LogP contribution is 2.36. The molecule has 18 heavy (non-hydrogen) atoms. The monoisotopic (exact) mass is 246 g/mol. The predicted octanol–water partition coefficient (Wildman–Crippen LogP) is 3.34. The maximum atomic E-state index is 12.1. The lowest BCUT2D eigenvalue weighted by Crippen LogP contribution is -2.33. The van der Waals surface area contributed by atoms with Gasteiger partial charge in [-0.2, -0.15) is 0 Å². The van der Waals surface area contributed by atoms with Gasteiger partial charge in [-0.3, -0.25) is 4.79 Å². The van der Waals surface area contributed by atoms with E-state index in [1.165, 1.54) is 0 Å². The normalized spacial score (nSPS) is 18.1. The minimum atomic E-state index is -0.549. The van der Waals surface area contributed by atoms with E-state index in [0.717, 1.165) is 32.1 Å². The fourth-order valence-corrected chi connectivity index (χ4v) is 2.38. The molecule has 0 bridgehead atoms. The third-order valence-electron chi connectivity index (χ3n) is 3.64. The number of hydrogen-bond donors (Lipinski definition) is 0. The van der Waals surface area contributed by atoms with Crippen LogP contribution in [0.1, 0.15) is 49.4 Å². The number of ether oxygens (including phenoxy) is 1. The van der Waals surface area contributed by atoms with Gasteiger partial charge in [0.1, 0.15) is 0 Å². The van der Waals surface area contributed by atoms with E-state index >= 15 is 0 Å². The molecule has 0 amide bonds. The minimum absolute atomic E-state index is 0.379. The van der Waals surface area contributed by atoms with Crippen molar-refractivity contribution in [2.75, 3.05) is 0 Å². The number of carbonyl (C=O) groups is 2. The van der Waals surface area contributed by atoms with Crippen LogP contribution in [-0.2, 0) is 9.53 Å². The van der Waals surface area contributed by atoms with Crippen molar-refractivity contribution < 1.29 is 14.3 Å². The molecular formula is C15H18O3. The number of esters is 2. The summed E-state index contributed by atoms with van der Waals surface area (Å²) in [7, 11) is 0. The first kappa shape index (κ1) is 12.8. The molecule has 1 saturated carbocycles. The Morgan fingerprint density at radius 1 is 1.06 bits per heavy atom.